The number of ether oxygens (including phenoxy) is 2. The Morgan fingerprint density at radius 1 is 0.828 bits per heavy atom. The Bertz CT molecular complexity index is 551. The number of fused-ring (bicyclic) bond motifs is 5. The first-order valence-corrected chi connectivity index (χ1v) is 12.7. The van der Waals surface area contributed by atoms with Gasteiger partial charge in [0, 0.05) is 6.54 Å². The fourth-order valence-electron chi connectivity index (χ4n) is 8.26. The second-order valence-corrected chi connectivity index (χ2v) is 11.9. The molecular weight excluding hydrogens is 358 g/mol. The van der Waals surface area contributed by atoms with Gasteiger partial charge in [0.25, 0.3) is 0 Å². The molecule has 0 amide bonds. The van der Waals surface area contributed by atoms with Gasteiger partial charge in [-0.1, -0.05) is 20.8 Å². The van der Waals surface area contributed by atoms with E-state index in [0.717, 1.165) is 56.0 Å². The van der Waals surface area contributed by atoms with E-state index in [4.69, 9.17) is 9.47 Å². The molecule has 4 aliphatic carbocycles. The zero-order valence-electron chi connectivity index (χ0n) is 19.9. The standard InChI is InChI=1S/C26H47NO2/c1-19-6-9-23-22-8-7-20-18-21(29-17-16-28-15-14-27(4)5)10-12-26(20,3)24(22)11-13-25(19,23)2/h19-24H,6-18H2,1-5H3/t19-,20?,21-,22?,23?,24?,25+,26-/m0/s1. The SMILES string of the molecule is C[C@H]1CCC2C3CCC4C[C@@H](OCCOCCN(C)C)CC[C@]4(C)C3CC[C@@]21C. The van der Waals surface area contributed by atoms with E-state index in [-0.39, 0.29) is 0 Å². The molecule has 0 bridgehead atoms. The molecule has 0 spiro atoms. The van der Waals surface area contributed by atoms with E-state index in [1.165, 1.54) is 57.8 Å². The minimum atomic E-state index is 0.474. The molecule has 0 radical (unpaired) electrons. The fourth-order valence-corrected chi connectivity index (χ4v) is 8.26. The normalized spacial score (nSPS) is 47.0. The number of rotatable bonds is 7. The van der Waals surface area contributed by atoms with E-state index in [2.05, 4.69) is 39.8 Å². The summed E-state index contributed by atoms with van der Waals surface area (Å²) in [5.41, 5.74) is 1.23. The van der Waals surface area contributed by atoms with Crippen LogP contribution in [0.1, 0.15) is 78.6 Å². The molecule has 4 rings (SSSR count). The third-order valence-electron chi connectivity index (χ3n) is 10.4. The molecule has 3 nitrogen and oxygen atoms in total. The molecule has 29 heavy (non-hydrogen) atoms. The van der Waals surface area contributed by atoms with E-state index >= 15 is 0 Å². The zero-order valence-corrected chi connectivity index (χ0v) is 19.9. The molecule has 0 aromatic carbocycles. The molecule has 8 atom stereocenters. The van der Waals surface area contributed by atoms with Gasteiger partial charge in [0.05, 0.1) is 25.9 Å². The monoisotopic (exact) mass is 405 g/mol. The van der Waals surface area contributed by atoms with Crippen molar-refractivity contribution in [3.05, 3.63) is 0 Å². The molecule has 0 saturated heterocycles. The Morgan fingerprint density at radius 2 is 1.59 bits per heavy atom. The molecule has 4 fully saturated rings. The molecule has 4 aliphatic rings. The first-order valence-electron chi connectivity index (χ1n) is 12.7. The maximum Gasteiger partial charge on any atom is 0.0704 e. The van der Waals surface area contributed by atoms with Crippen molar-refractivity contribution in [3.8, 4) is 0 Å². The maximum atomic E-state index is 6.28. The predicted octanol–water partition coefficient (Wildman–Crippen LogP) is 5.63. The molecular formula is C26H47NO2. The van der Waals surface area contributed by atoms with Crippen LogP contribution in [0.3, 0.4) is 0 Å². The van der Waals surface area contributed by atoms with Gasteiger partial charge in [0.1, 0.15) is 0 Å². The van der Waals surface area contributed by atoms with Crippen molar-refractivity contribution >= 4 is 0 Å². The largest absolute Gasteiger partial charge is 0.378 e. The molecule has 0 aliphatic heterocycles. The molecule has 0 heterocycles. The summed E-state index contributed by atoms with van der Waals surface area (Å²) in [4.78, 5) is 2.17. The Hall–Kier alpha value is -0.120. The third-order valence-corrected chi connectivity index (χ3v) is 10.4. The van der Waals surface area contributed by atoms with Crippen LogP contribution in [0.4, 0.5) is 0 Å². The van der Waals surface area contributed by atoms with Crippen molar-refractivity contribution in [2.45, 2.75) is 84.7 Å². The van der Waals surface area contributed by atoms with Crippen molar-refractivity contribution in [2.24, 2.45) is 40.4 Å². The average Bonchev–Trinajstić information content (AvgIpc) is 2.99. The second-order valence-electron chi connectivity index (χ2n) is 11.9. The van der Waals surface area contributed by atoms with Crippen molar-refractivity contribution < 1.29 is 9.47 Å². The van der Waals surface area contributed by atoms with Crippen LogP contribution in [-0.4, -0.2) is 51.5 Å². The van der Waals surface area contributed by atoms with Crippen LogP contribution in [0.2, 0.25) is 0 Å². The van der Waals surface area contributed by atoms with E-state index in [1.807, 2.05) is 0 Å². The highest BCUT2D eigenvalue weighted by atomic mass is 16.5. The van der Waals surface area contributed by atoms with E-state index < -0.39 is 0 Å². The van der Waals surface area contributed by atoms with Gasteiger partial charge in [-0.2, -0.15) is 0 Å². The van der Waals surface area contributed by atoms with Crippen molar-refractivity contribution in [1.82, 2.24) is 4.90 Å². The van der Waals surface area contributed by atoms with Gasteiger partial charge in [-0.05, 0) is 112 Å². The summed E-state index contributed by atoms with van der Waals surface area (Å²) in [6, 6.07) is 0. The Labute approximate surface area is 180 Å². The Kier molecular flexibility index (Phi) is 6.69. The number of hydrogen-bond acceptors (Lipinski definition) is 3. The number of hydrogen-bond donors (Lipinski definition) is 0. The minimum absolute atomic E-state index is 0.474. The van der Waals surface area contributed by atoms with Gasteiger partial charge >= 0.3 is 0 Å². The first-order chi connectivity index (χ1) is 13.8. The molecule has 168 valence electrons. The number of nitrogens with zero attached hydrogens (tertiary/aromatic N) is 1. The van der Waals surface area contributed by atoms with Crippen LogP contribution in [-0.2, 0) is 9.47 Å². The van der Waals surface area contributed by atoms with Gasteiger partial charge < -0.3 is 14.4 Å². The number of likely N-dealkylation sites (N-methyl/N-ethyl adjacent to an activating group) is 1. The summed E-state index contributed by atoms with van der Waals surface area (Å²) in [6.45, 7) is 11.2. The highest BCUT2D eigenvalue weighted by Crippen LogP contribution is 2.67. The topological polar surface area (TPSA) is 21.7 Å². The Balaban J connectivity index is 1.29. The summed E-state index contributed by atoms with van der Waals surface area (Å²) in [5, 5.41) is 0. The summed E-state index contributed by atoms with van der Waals surface area (Å²) in [6.07, 6.45) is 13.4. The van der Waals surface area contributed by atoms with E-state index in [9.17, 15) is 0 Å². The molecule has 0 aromatic rings. The minimum Gasteiger partial charge on any atom is -0.378 e. The van der Waals surface area contributed by atoms with Crippen molar-refractivity contribution in [2.75, 3.05) is 40.5 Å². The second kappa shape index (κ2) is 8.79. The van der Waals surface area contributed by atoms with Crippen LogP contribution < -0.4 is 0 Å². The molecule has 4 saturated carbocycles. The molecule has 4 unspecified atom stereocenters. The Morgan fingerprint density at radius 3 is 2.38 bits per heavy atom. The van der Waals surface area contributed by atoms with E-state index in [1.54, 1.807) is 0 Å². The van der Waals surface area contributed by atoms with Crippen LogP contribution in [0, 0.1) is 40.4 Å². The lowest BCUT2D eigenvalue weighted by atomic mass is 9.45. The lowest BCUT2D eigenvalue weighted by molar-refractivity contribution is -0.136. The highest BCUT2D eigenvalue weighted by molar-refractivity contribution is 5.08. The fraction of sp³-hybridized carbons (Fsp3) is 1.00. The zero-order chi connectivity index (χ0) is 20.6. The van der Waals surface area contributed by atoms with Gasteiger partial charge in [0.15, 0.2) is 0 Å². The summed E-state index contributed by atoms with van der Waals surface area (Å²) < 4.78 is 12.0. The highest BCUT2D eigenvalue weighted by Gasteiger charge is 2.59. The van der Waals surface area contributed by atoms with Crippen molar-refractivity contribution in [1.29, 1.82) is 0 Å². The lowest BCUT2D eigenvalue weighted by Crippen LogP contribution is -2.54. The quantitative estimate of drug-likeness (QED) is 0.512. The smallest absolute Gasteiger partial charge is 0.0704 e. The maximum absolute atomic E-state index is 6.28. The van der Waals surface area contributed by atoms with Gasteiger partial charge in [0.2, 0.25) is 0 Å². The molecule has 0 aromatic heterocycles. The van der Waals surface area contributed by atoms with Gasteiger partial charge in [-0.15, -0.1) is 0 Å². The summed E-state index contributed by atoms with van der Waals surface area (Å²) in [7, 11) is 4.18. The third kappa shape index (κ3) is 4.17. The predicted molar refractivity (Wildman–Crippen MR) is 120 cm³/mol. The van der Waals surface area contributed by atoms with Crippen LogP contribution in [0.5, 0.6) is 0 Å². The lowest BCUT2D eigenvalue weighted by Gasteiger charge is -2.61. The average molecular weight is 406 g/mol. The van der Waals surface area contributed by atoms with Gasteiger partial charge in [-0.3, -0.25) is 0 Å². The van der Waals surface area contributed by atoms with Gasteiger partial charge in [-0.25, -0.2) is 0 Å². The van der Waals surface area contributed by atoms with Crippen LogP contribution in [0.25, 0.3) is 0 Å². The van der Waals surface area contributed by atoms with Crippen LogP contribution >= 0.6 is 0 Å². The first kappa shape index (κ1) is 22.1. The van der Waals surface area contributed by atoms with E-state index in [0.29, 0.717) is 16.9 Å². The molecule has 0 N–H and O–H groups in total. The van der Waals surface area contributed by atoms with Crippen LogP contribution in [0.15, 0.2) is 0 Å². The summed E-state index contributed by atoms with van der Waals surface area (Å²) in [5.74, 6) is 4.85. The van der Waals surface area contributed by atoms with Crippen molar-refractivity contribution in [3.63, 3.8) is 0 Å². The molecule has 3 heteroatoms. The summed E-state index contributed by atoms with van der Waals surface area (Å²) >= 11 is 0.